The number of carboxylic acid groups (broad SMARTS) is 1. The number of aliphatic carboxylic acids is 1. The summed E-state index contributed by atoms with van der Waals surface area (Å²) >= 11 is 7.79. The van der Waals surface area contributed by atoms with E-state index < -0.39 is 17.7 Å². The first-order valence-corrected chi connectivity index (χ1v) is 15.0. The first kappa shape index (κ1) is 28.6. The molecule has 218 valence electrons. The first-order chi connectivity index (χ1) is 19.9. The van der Waals surface area contributed by atoms with Gasteiger partial charge in [-0.25, -0.2) is 9.78 Å². The Bertz CT molecular complexity index is 1820. The molecule has 1 fully saturated rings. The van der Waals surface area contributed by atoms with Crippen LogP contribution in [0.15, 0.2) is 48.5 Å². The number of aromatic nitrogens is 3. The predicted octanol–water partition coefficient (Wildman–Crippen LogP) is 7.25. The lowest BCUT2D eigenvalue weighted by Crippen LogP contribution is -2.52. The van der Waals surface area contributed by atoms with Crippen molar-refractivity contribution in [2.24, 2.45) is 7.05 Å². The fourth-order valence-corrected chi connectivity index (χ4v) is 6.78. The maximum Gasteiger partial charge on any atom is 0.337 e. The van der Waals surface area contributed by atoms with E-state index in [2.05, 4.69) is 23.1 Å². The number of methoxy groups -OCH3 is 1. The van der Waals surface area contributed by atoms with Gasteiger partial charge < -0.3 is 19.5 Å². The van der Waals surface area contributed by atoms with Crippen molar-refractivity contribution < 1.29 is 19.4 Å². The molecule has 0 amide bonds. The van der Waals surface area contributed by atoms with Crippen LogP contribution in [0.4, 0.5) is 5.82 Å². The molecule has 0 aliphatic carbocycles. The lowest BCUT2D eigenvalue weighted by molar-refractivity contribution is -0.160. The van der Waals surface area contributed by atoms with Crippen LogP contribution >= 0.6 is 22.9 Å². The number of benzene rings is 3. The van der Waals surface area contributed by atoms with Crippen LogP contribution in [0.25, 0.3) is 42.8 Å². The fourth-order valence-electron chi connectivity index (χ4n) is 5.54. The highest BCUT2D eigenvalue weighted by molar-refractivity contribution is 7.22. The summed E-state index contributed by atoms with van der Waals surface area (Å²) in [6.07, 6.45) is -0.942. The molecule has 0 saturated carbocycles. The standard InChI is InChI=1S/C32H33ClN4O4S/c1-17-13-23-28(26(18-7-10-20(33)11-8-18)25(17)27(31(38)39)41-32(2,3)4)42-30(34-23)19-9-12-24-22(14-19)29(35-36(24)5)37-15-21(16-37)40-6/h7-14,21,27H,15-16H2,1-6H3,(H,38,39). The minimum Gasteiger partial charge on any atom is -0.479 e. The van der Waals surface area contributed by atoms with E-state index in [0.29, 0.717) is 10.6 Å². The minimum absolute atomic E-state index is 0.218. The molecule has 42 heavy (non-hydrogen) atoms. The van der Waals surface area contributed by atoms with Crippen LogP contribution in [0, 0.1) is 6.92 Å². The smallest absolute Gasteiger partial charge is 0.337 e. The highest BCUT2D eigenvalue weighted by atomic mass is 35.5. The first-order valence-electron chi connectivity index (χ1n) is 13.8. The van der Waals surface area contributed by atoms with E-state index in [9.17, 15) is 9.90 Å². The number of nitrogens with zero attached hydrogens (tertiary/aromatic N) is 4. The lowest BCUT2D eigenvalue weighted by atomic mass is 9.91. The second kappa shape index (κ2) is 10.6. The largest absolute Gasteiger partial charge is 0.479 e. The third kappa shape index (κ3) is 5.15. The van der Waals surface area contributed by atoms with Gasteiger partial charge in [-0.1, -0.05) is 23.7 Å². The van der Waals surface area contributed by atoms with Crippen LogP contribution in [0.2, 0.25) is 5.02 Å². The van der Waals surface area contributed by atoms with Gasteiger partial charge in [0, 0.05) is 54.3 Å². The summed E-state index contributed by atoms with van der Waals surface area (Å²) in [4.78, 5) is 19.9. The summed E-state index contributed by atoms with van der Waals surface area (Å²) < 4.78 is 14.4. The van der Waals surface area contributed by atoms with Crippen LogP contribution in [0.3, 0.4) is 0 Å². The second-order valence-electron chi connectivity index (χ2n) is 11.7. The van der Waals surface area contributed by atoms with Crippen LogP contribution in [-0.4, -0.2) is 57.7 Å². The van der Waals surface area contributed by atoms with Gasteiger partial charge in [-0.2, -0.15) is 5.10 Å². The van der Waals surface area contributed by atoms with E-state index >= 15 is 0 Å². The average Bonchev–Trinajstić information content (AvgIpc) is 3.47. The topological polar surface area (TPSA) is 89.7 Å². The molecular weight excluding hydrogens is 572 g/mol. The number of aryl methyl sites for hydroxylation is 2. The number of thiazole rings is 1. The van der Waals surface area contributed by atoms with E-state index in [-0.39, 0.29) is 6.10 Å². The zero-order valence-corrected chi connectivity index (χ0v) is 26.0. The van der Waals surface area contributed by atoms with Gasteiger partial charge in [0.05, 0.1) is 27.4 Å². The lowest BCUT2D eigenvalue weighted by Gasteiger charge is -2.38. The quantitative estimate of drug-likeness (QED) is 0.209. The van der Waals surface area contributed by atoms with Crippen molar-refractivity contribution in [2.75, 3.05) is 25.1 Å². The van der Waals surface area contributed by atoms with Crippen molar-refractivity contribution in [3.63, 3.8) is 0 Å². The zero-order chi connectivity index (χ0) is 29.9. The van der Waals surface area contributed by atoms with Crippen LogP contribution in [0.5, 0.6) is 0 Å². The molecule has 0 radical (unpaired) electrons. The van der Waals surface area contributed by atoms with Gasteiger partial charge >= 0.3 is 5.97 Å². The Morgan fingerprint density at radius 1 is 1.12 bits per heavy atom. The van der Waals surface area contributed by atoms with Crippen LogP contribution in [0.1, 0.15) is 38.0 Å². The summed E-state index contributed by atoms with van der Waals surface area (Å²) in [5, 5.41) is 17.6. The monoisotopic (exact) mass is 604 g/mol. The Morgan fingerprint density at radius 3 is 2.45 bits per heavy atom. The maximum absolute atomic E-state index is 12.6. The Morgan fingerprint density at radius 2 is 1.81 bits per heavy atom. The fraction of sp³-hybridized carbons (Fsp3) is 0.344. The Labute approximate surface area is 253 Å². The molecule has 3 heterocycles. The molecule has 1 aliphatic rings. The van der Waals surface area contributed by atoms with Crippen molar-refractivity contribution in [1.82, 2.24) is 14.8 Å². The molecule has 8 nitrogen and oxygen atoms in total. The van der Waals surface area contributed by atoms with Crippen molar-refractivity contribution in [1.29, 1.82) is 0 Å². The number of hydrogen-bond donors (Lipinski definition) is 1. The maximum atomic E-state index is 12.6. The van der Waals surface area contributed by atoms with Gasteiger partial charge in [0.25, 0.3) is 0 Å². The molecule has 0 spiro atoms. The third-order valence-electron chi connectivity index (χ3n) is 7.58. The van der Waals surface area contributed by atoms with Gasteiger partial charge in [-0.05, 0) is 75.2 Å². The number of fused-ring (bicyclic) bond motifs is 2. The van der Waals surface area contributed by atoms with Crippen LogP contribution < -0.4 is 4.90 Å². The summed E-state index contributed by atoms with van der Waals surface area (Å²) in [6, 6.07) is 15.7. The highest BCUT2D eigenvalue weighted by Gasteiger charge is 2.33. The summed E-state index contributed by atoms with van der Waals surface area (Å²) in [5.74, 6) is -0.101. The molecule has 1 saturated heterocycles. The van der Waals surface area contributed by atoms with Crippen molar-refractivity contribution >= 4 is 55.8 Å². The van der Waals surface area contributed by atoms with Gasteiger partial charge in [0.1, 0.15) is 5.01 Å². The number of carboxylic acids is 1. The Hall–Kier alpha value is -3.50. The summed E-state index contributed by atoms with van der Waals surface area (Å²) in [6.45, 7) is 9.12. The van der Waals surface area contributed by atoms with Crippen molar-refractivity contribution in [3.8, 4) is 21.7 Å². The molecule has 1 aliphatic heterocycles. The molecular formula is C32H33ClN4O4S. The summed E-state index contributed by atoms with van der Waals surface area (Å²) in [7, 11) is 3.70. The van der Waals surface area contributed by atoms with E-state index in [4.69, 9.17) is 31.2 Å². The third-order valence-corrected chi connectivity index (χ3v) is 8.97. The molecule has 6 rings (SSSR count). The molecule has 3 aromatic carbocycles. The summed E-state index contributed by atoms with van der Waals surface area (Å²) in [5.41, 5.74) is 5.24. The Kier molecular flexibility index (Phi) is 7.25. The van der Waals surface area contributed by atoms with E-state index in [1.807, 2.05) is 69.8 Å². The van der Waals surface area contributed by atoms with Crippen molar-refractivity contribution in [2.45, 2.75) is 45.5 Å². The molecule has 0 bridgehead atoms. The van der Waals surface area contributed by atoms with E-state index in [1.54, 1.807) is 18.4 Å². The van der Waals surface area contributed by atoms with Crippen molar-refractivity contribution in [3.05, 3.63) is 64.7 Å². The zero-order valence-electron chi connectivity index (χ0n) is 24.4. The van der Waals surface area contributed by atoms with Gasteiger partial charge in [0.2, 0.25) is 0 Å². The highest BCUT2D eigenvalue weighted by Crippen LogP contribution is 2.45. The number of hydrogen-bond acceptors (Lipinski definition) is 7. The van der Waals surface area contributed by atoms with Crippen LogP contribution in [-0.2, 0) is 21.3 Å². The SMILES string of the molecule is COC1CN(c2nn(C)c3ccc(-c4nc5cc(C)c(C(OC(C)(C)C)C(=O)O)c(-c6ccc(Cl)cc6)c5s4)cc23)C1. The molecule has 1 N–H and O–H groups in total. The average molecular weight is 605 g/mol. The predicted molar refractivity (Wildman–Crippen MR) is 169 cm³/mol. The minimum atomic E-state index is -1.16. The molecule has 10 heteroatoms. The van der Waals surface area contributed by atoms with Gasteiger partial charge in [-0.3, -0.25) is 4.68 Å². The number of halogens is 1. The molecule has 5 aromatic rings. The van der Waals surface area contributed by atoms with E-state index in [0.717, 1.165) is 67.3 Å². The van der Waals surface area contributed by atoms with Gasteiger partial charge in [-0.15, -0.1) is 11.3 Å². The molecule has 1 unspecified atom stereocenters. The second-order valence-corrected chi connectivity index (χ2v) is 13.2. The number of anilines is 1. The molecule has 1 atom stereocenters. The van der Waals surface area contributed by atoms with Gasteiger partial charge in [0.15, 0.2) is 11.9 Å². The number of ether oxygens (including phenoxy) is 2. The van der Waals surface area contributed by atoms with E-state index in [1.165, 1.54) is 0 Å². The Balaban J connectivity index is 1.54. The molecule has 2 aromatic heterocycles. The normalized spacial score (nSPS) is 15.0. The number of rotatable bonds is 7. The number of carbonyl (C=O) groups is 1.